The molecule has 1 aromatic carbocycles. The quantitative estimate of drug-likeness (QED) is 0.372. The fourth-order valence-electron chi connectivity index (χ4n) is 3.72. The predicted molar refractivity (Wildman–Crippen MR) is 127 cm³/mol. The Labute approximate surface area is 203 Å². The summed E-state index contributed by atoms with van der Waals surface area (Å²) < 4.78 is 54.4. The van der Waals surface area contributed by atoms with Gasteiger partial charge in [0.1, 0.15) is 29.0 Å². The summed E-state index contributed by atoms with van der Waals surface area (Å²) in [4.78, 5) is 33.4. The van der Waals surface area contributed by atoms with Gasteiger partial charge in [-0.05, 0) is 36.1 Å². The minimum absolute atomic E-state index is 0.0280. The molecule has 2 aromatic rings. The molecule has 0 unspecified atom stereocenters. The lowest BCUT2D eigenvalue weighted by molar-refractivity contribution is 0.0953. The van der Waals surface area contributed by atoms with E-state index in [1.807, 2.05) is 6.92 Å². The van der Waals surface area contributed by atoms with Gasteiger partial charge in [-0.1, -0.05) is 24.8 Å². The number of nitrogens with zero attached hydrogens (tertiary/aromatic N) is 1. The van der Waals surface area contributed by atoms with Crippen LogP contribution in [0.4, 0.5) is 17.6 Å². The van der Waals surface area contributed by atoms with E-state index in [1.165, 1.54) is 30.1 Å². The van der Waals surface area contributed by atoms with Gasteiger partial charge in [0.05, 0.1) is 17.2 Å². The Balaban J connectivity index is 1.43. The van der Waals surface area contributed by atoms with E-state index in [4.69, 9.17) is 0 Å². The fraction of sp³-hybridized carbons (Fsp3) is 0.240. The van der Waals surface area contributed by atoms with Crippen LogP contribution in [0.3, 0.4) is 0 Å². The minimum Gasteiger partial charge on any atom is -0.356 e. The molecule has 0 radical (unpaired) electrons. The highest BCUT2D eigenvalue weighted by Crippen LogP contribution is 2.34. The Morgan fingerprint density at radius 3 is 2.49 bits per heavy atom. The van der Waals surface area contributed by atoms with E-state index in [2.05, 4.69) is 15.3 Å². The standard InChI is InChI=1S/C25H21F4N3O2S/c1-2-13-10-32-25(14-3-5-16(26)6-4-14)35-21(13)12-31-24(34)20-7-15(11-30-20)23(33)22-18(28)8-17(27)9-19(22)29/h3,5,7-9,11,30H,2,4,6,10,12H2,1H3,(H,31,34). The first kappa shape index (κ1) is 24.7. The Hall–Kier alpha value is -3.40. The van der Waals surface area contributed by atoms with Crippen molar-refractivity contribution >= 4 is 28.5 Å². The highest BCUT2D eigenvalue weighted by Gasteiger charge is 2.24. The van der Waals surface area contributed by atoms with Gasteiger partial charge in [0.25, 0.3) is 5.91 Å². The number of hydrogen-bond acceptors (Lipinski definition) is 4. The molecule has 182 valence electrons. The number of aliphatic imine (C=N–C) groups is 1. The molecule has 1 aliphatic heterocycles. The molecule has 10 heteroatoms. The smallest absolute Gasteiger partial charge is 0.267 e. The number of rotatable bonds is 7. The topological polar surface area (TPSA) is 74.3 Å². The van der Waals surface area contributed by atoms with Crippen LogP contribution >= 0.6 is 11.8 Å². The van der Waals surface area contributed by atoms with Crippen molar-refractivity contribution < 1.29 is 27.2 Å². The largest absolute Gasteiger partial charge is 0.356 e. The zero-order chi connectivity index (χ0) is 25.1. The van der Waals surface area contributed by atoms with Crippen LogP contribution in [0.1, 0.15) is 52.6 Å². The molecule has 4 rings (SSSR count). The normalized spacial score (nSPS) is 16.0. The zero-order valence-electron chi connectivity index (χ0n) is 18.7. The Kier molecular flexibility index (Phi) is 7.39. The summed E-state index contributed by atoms with van der Waals surface area (Å²) >= 11 is 1.44. The summed E-state index contributed by atoms with van der Waals surface area (Å²) in [6.45, 7) is 2.70. The number of allylic oxidation sites excluding steroid dienone is 3. The summed E-state index contributed by atoms with van der Waals surface area (Å²) in [5.74, 6) is -5.47. The molecule has 0 atom stereocenters. The van der Waals surface area contributed by atoms with Crippen LogP contribution in [0.25, 0.3) is 0 Å². The first-order chi connectivity index (χ1) is 16.8. The number of hydrogen-bond donors (Lipinski definition) is 2. The van der Waals surface area contributed by atoms with E-state index in [1.54, 1.807) is 6.08 Å². The minimum atomic E-state index is -1.32. The molecule has 1 aliphatic carbocycles. The first-order valence-electron chi connectivity index (χ1n) is 10.9. The number of carbonyl (C=O) groups is 2. The molecule has 1 aromatic heterocycles. The van der Waals surface area contributed by atoms with Crippen LogP contribution < -0.4 is 5.32 Å². The zero-order valence-corrected chi connectivity index (χ0v) is 19.5. The third kappa shape index (κ3) is 5.48. The number of thioether (sulfide) groups is 1. The fourth-order valence-corrected chi connectivity index (χ4v) is 4.88. The van der Waals surface area contributed by atoms with Crippen LogP contribution in [-0.2, 0) is 0 Å². The van der Waals surface area contributed by atoms with Crippen molar-refractivity contribution in [2.24, 2.45) is 4.99 Å². The van der Waals surface area contributed by atoms with Crippen LogP contribution in [-0.4, -0.2) is 34.8 Å². The highest BCUT2D eigenvalue weighted by molar-refractivity contribution is 8.17. The molecule has 0 saturated heterocycles. The summed E-state index contributed by atoms with van der Waals surface area (Å²) in [5, 5.41) is 3.58. The summed E-state index contributed by atoms with van der Waals surface area (Å²) in [6, 6.07) is 2.03. The van der Waals surface area contributed by atoms with Gasteiger partial charge in [-0.3, -0.25) is 14.6 Å². The third-order valence-corrected chi connectivity index (χ3v) is 6.93. The van der Waals surface area contributed by atoms with Crippen molar-refractivity contribution in [1.29, 1.82) is 0 Å². The van der Waals surface area contributed by atoms with Gasteiger partial charge in [-0.2, -0.15) is 0 Å². The van der Waals surface area contributed by atoms with E-state index >= 15 is 0 Å². The molecule has 0 fully saturated rings. The molecule has 2 heterocycles. The molecular formula is C25H21F4N3O2S. The van der Waals surface area contributed by atoms with Gasteiger partial charge >= 0.3 is 0 Å². The van der Waals surface area contributed by atoms with E-state index in [0.717, 1.165) is 27.5 Å². The molecule has 2 N–H and O–H groups in total. The number of aromatic amines is 1. The van der Waals surface area contributed by atoms with Crippen molar-refractivity contribution in [2.75, 3.05) is 13.1 Å². The Morgan fingerprint density at radius 1 is 1.09 bits per heavy atom. The third-order valence-electron chi connectivity index (χ3n) is 5.66. The lowest BCUT2D eigenvalue weighted by atomic mass is 10.0. The maximum Gasteiger partial charge on any atom is 0.267 e. The van der Waals surface area contributed by atoms with Gasteiger partial charge in [0.2, 0.25) is 0 Å². The molecule has 1 amide bonds. The second-order valence-corrected chi connectivity index (χ2v) is 9.05. The van der Waals surface area contributed by atoms with Crippen molar-refractivity contribution in [3.05, 3.63) is 92.7 Å². The second-order valence-electron chi connectivity index (χ2n) is 7.97. The highest BCUT2D eigenvalue weighted by atomic mass is 32.2. The maximum atomic E-state index is 14.0. The van der Waals surface area contributed by atoms with Crippen LogP contribution in [0.2, 0.25) is 0 Å². The number of aromatic nitrogens is 1. The Bertz CT molecular complexity index is 1300. The van der Waals surface area contributed by atoms with Crippen molar-refractivity contribution in [3.63, 3.8) is 0 Å². The van der Waals surface area contributed by atoms with Crippen molar-refractivity contribution in [2.45, 2.75) is 26.2 Å². The summed E-state index contributed by atoms with van der Waals surface area (Å²) in [7, 11) is 0. The monoisotopic (exact) mass is 503 g/mol. The SMILES string of the molecule is CCC1=C(CNC(=O)c2cc(C(=O)c3c(F)cc(F)cc3F)c[nH]2)SC(C2=CC=C(F)CC2)=NC1. The number of benzene rings is 1. The van der Waals surface area contributed by atoms with Crippen molar-refractivity contribution in [1.82, 2.24) is 10.3 Å². The van der Waals surface area contributed by atoms with E-state index in [-0.39, 0.29) is 23.6 Å². The first-order valence-corrected chi connectivity index (χ1v) is 11.7. The number of halogens is 4. The molecule has 0 bridgehead atoms. The van der Waals surface area contributed by atoms with Crippen molar-refractivity contribution in [3.8, 4) is 0 Å². The molecular weight excluding hydrogens is 482 g/mol. The molecule has 0 saturated carbocycles. The van der Waals surface area contributed by atoms with E-state index in [0.29, 0.717) is 31.5 Å². The van der Waals surface area contributed by atoms with Crippen LogP contribution in [0, 0.1) is 17.5 Å². The molecule has 2 aliphatic rings. The van der Waals surface area contributed by atoms with Crippen LogP contribution in [0.5, 0.6) is 0 Å². The average molecular weight is 504 g/mol. The average Bonchev–Trinajstić information content (AvgIpc) is 3.33. The number of H-pyrrole nitrogens is 1. The molecule has 35 heavy (non-hydrogen) atoms. The number of carbonyl (C=O) groups excluding carboxylic acids is 2. The lowest BCUT2D eigenvalue weighted by Gasteiger charge is -2.22. The number of nitrogens with one attached hydrogen (secondary N) is 2. The Morgan fingerprint density at radius 2 is 1.83 bits per heavy atom. The van der Waals surface area contributed by atoms with Gasteiger partial charge in [0.15, 0.2) is 5.78 Å². The predicted octanol–water partition coefficient (Wildman–Crippen LogP) is 5.78. The number of amides is 1. The summed E-state index contributed by atoms with van der Waals surface area (Å²) in [5.41, 5.74) is 1.01. The number of ketones is 1. The van der Waals surface area contributed by atoms with Gasteiger partial charge in [-0.15, -0.1) is 0 Å². The molecule has 0 spiro atoms. The van der Waals surface area contributed by atoms with Crippen LogP contribution in [0.15, 0.2) is 63.4 Å². The second kappa shape index (κ2) is 10.5. The van der Waals surface area contributed by atoms with E-state index in [9.17, 15) is 27.2 Å². The summed E-state index contributed by atoms with van der Waals surface area (Å²) in [6.07, 6.45) is 5.97. The van der Waals surface area contributed by atoms with E-state index < -0.39 is 34.7 Å². The van der Waals surface area contributed by atoms with Gasteiger partial charge < -0.3 is 10.3 Å². The van der Waals surface area contributed by atoms with Gasteiger partial charge in [-0.25, -0.2) is 17.6 Å². The van der Waals surface area contributed by atoms with Gasteiger partial charge in [0, 0.05) is 41.8 Å². The maximum absolute atomic E-state index is 14.0. The molecule has 5 nitrogen and oxygen atoms in total. The lowest BCUT2D eigenvalue weighted by Crippen LogP contribution is -2.27.